The summed E-state index contributed by atoms with van der Waals surface area (Å²) in [4.78, 5) is 0. The van der Waals surface area contributed by atoms with Crippen LogP contribution in [0.25, 0.3) is 11.1 Å². The summed E-state index contributed by atoms with van der Waals surface area (Å²) in [5.41, 5.74) is 8.93. The predicted octanol–water partition coefficient (Wildman–Crippen LogP) is 6.94. The van der Waals surface area contributed by atoms with Gasteiger partial charge in [-0.1, -0.05) is 72.8 Å². The van der Waals surface area contributed by atoms with Gasteiger partial charge in [0.15, 0.2) is 10.2 Å². The van der Waals surface area contributed by atoms with Crippen LogP contribution in [0.15, 0.2) is 97.1 Å². The molecule has 0 aliphatic heterocycles. The zero-order valence-corrected chi connectivity index (χ0v) is 22.1. The van der Waals surface area contributed by atoms with E-state index in [1.54, 1.807) is 0 Å². The Bertz CT molecular complexity index is 1230. The highest BCUT2D eigenvalue weighted by Gasteiger charge is 2.07. The van der Waals surface area contributed by atoms with Crippen LogP contribution in [0.4, 0.5) is 11.4 Å². The molecule has 0 heterocycles. The molecule has 0 aliphatic rings. The highest BCUT2D eigenvalue weighted by atomic mass is 32.1. The number of aryl methyl sites for hydroxylation is 2. The lowest BCUT2D eigenvalue weighted by atomic mass is 10.00. The average molecular weight is 511 g/mol. The lowest BCUT2D eigenvalue weighted by Gasteiger charge is -2.15. The first-order chi connectivity index (χ1) is 17.5. The summed E-state index contributed by atoms with van der Waals surface area (Å²) in [6, 6.07) is 33.2. The predicted molar refractivity (Wildman–Crippen MR) is 160 cm³/mol. The Labute approximate surface area is 224 Å². The van der Waals surface area contributed by atoms with Gasteiger partial charge in [0.05, 0.1) is 0 Å². The Morgan fingerprint density at radius 1 is 0.556 bits per heavy atom. The van der Waals surface area contributed by atoms with Crippen molar-refractivity contribution in [2.24, 2.45) is 0 Å². The van der Waals surface area contributed by atoms with Gasteiger partial charge in [0.25, 0.3) is 0 Å². The number of anilines is 2. The van der Waals surface area contributed by atoms with Crippen molar-refractivity contribution in [3.63, 3.8) is 0 Å². The summed E-state index contributed by atoms with van der Waals surface area (Å²) in [5.74, 6) is 0. The van der Waals surface area contributed by atoms with Crippen molar-refractivity contribution in [2.45, 2.75) is 26.9 Å². The minimum Gasteiger partial charge on any atom is -0.358 e. The fourth-order valence-corrected chi connectivity index (χ4v) is 4.22. The number of nitrogens with one attached hydrogen (secondary N) is 4. The standard InChI is InChI=1S/C30H30N4S2/c1-21-17-25(13-15-27(21)33-29(35)31-19-23-9-5-3-6-10-23)26-14-16-28(22(2)18-26)34-30(36)32-20-24-11-7-4-8-12-24/h3-18H,19-20H2,1-2H3,(H2,31,33,35)(H2,32,34,36). The molecule has 0 atom stereocenters. The third-order valence-electron chi connectivity index (χ3n) is 5.87. The number of hydrogen-bond donors (Lipinski definition) is 4. The first kappa shape index (κ1) is 25.4. The molecule has 0 spiro atoms. The molecule has 182 valence electrons. The highest BCUT2D eigenvalue weighted by molar-refractivity contribution is 7.80. The average Bonchev–Trinajstić information content (AvgIpc) is 2.90. The molecule has 0 aromatic heterocycles. The third kappa shape index (κ3) is 7.13. The SMILES string of the molecule is Cc1cc(-c2ccc(NC(=S)NCc3ccccc3)c(C)c2)ccc1NC(=S)NCc1ccccc1. The van der Waals surface area contributed by atoms with Crippen LogP contribution in [0.2, 0.25) is 0 Å². The lowest BCUT2D eigenvalue weighted by Crippen LogP contribution is -2.28. The molecule has 4 aromatic rings. The molecule has 0 bridgehead atoms. The molecule has 0 amide bonds. The van der Waals surface area contributed by atoms with Crippen LogP contribution in [0.5, 0.6) is 0 Å². The van der Waals surface area contributed by atoms with Gasteiger partial charge in [0.2, 0.25) is 0 Å². The van der Waals surface area contributed by atoms with Gasteiger partial charge in [0.1, 0.15) is 0 Å². The van der Waals surface area contributed by atoms with Crippen LogP contribution < -0.4 is 21.3 Å². The lowest BCUT2D eigenvalue weighted by molar-refractivity contribution is 0.925. The molecular weight excluding hydrogens is 480 g/mol. The molecule has 0 aliphatic carbocycles. The molecular formula is C30H30N4S2. The van der Waals surface area contributed by atoms with Crippen LogP contribution in [0.3, 0.4) is 0 Å². The van der Waals surface area contributed by atoms with E-state index >= 15 is 0 Å². The monoisotopic (exact) mass is 510 g/mol. The largest absolute Gasteiger partial charge is 0.358 e. The van der Waals surface area contributed by atoms with E-state index < -0.39 is 0 Å². The molecule has 0 radical (unpaired) electrons. The summed E-state index contributed by atoms with van der Waals surface area (Å²) < 4.78 is 0. The Morgan fingerprint density at radius 3 is 1.31 bits per heavy atom. The Morgan fingerprint density at radius 2 is 0.944 bits per heavy atom. The first-order valence-corrected chi connectivity index (χ1v) is 12.7. The molecule has 0 saturated heterocycles. The second-order valence-electron chi connectivity index (χ2n) is 8.65. The highest BCUT2D eigenvalue weighted by Crippen LogP contribution is 2.28. The van der Waals surface area contributed by atoms with Crippen LogP contribution >= 0.6 is 24.4 Å². The quantitative estimate of drug-likeness (QED) is 0.202. The molecule has 0 fully saturated rings. The number of thiocarbonyl (C=S) groups is 2. The Balaban J connectivity index is 1.34. The second kappa shape index (κ2) is 12.3. The van der Waals surface area contributed by atoms with Gasteiger partial charge >= 0.3 is 0 Å². The molecule has 0 unspecified atom stereocenters. The third-order valence-corrected chi connectivity index (χ3v) is 6.37. The summed E-state index contributed by atoms with van der Waals surface area (Å²) in [6.07, 6.45) is 0. The maximum absolute atomic E-state index is 5.49. The molecule has 4 rings (SSSR count). The fourth-order valence-electron chi connectivity index (χ4n) is 3.86. The second-order valence-corrected chi connectivity index (χ2v) is 9.46. The van der Waals surface area contributed by atoms with Crippen LogP contribution in [-0.2, 0) is 13.1 Å². The van der Waals surface area contributed by atoms with Crippen molar-refractivity contribution in [3.05, 3.63) is 119 Å². The zero-order chi connectivity index (χ0) is 25.3. The van der Waals surface area contributed by atoms with Gasteiger partial charge in [0, 0.05) is 24.5 Å². The molecule has 0 saturated carbocycles. The van der Waals surface area contributed by atoms with E-state index in [-0.39, 0.29) is 0 Å². The molecule has 4 nitrogen and oxygen atoms in total. The van der Waals surface area contributed by atoms with E-state index in [0.717, 1.165) is 33.6 Å². The van der Waals surface area contributed by atoms with E-state index in [2.05, 4.69) is 95.8 Å². The smallest absolute Gasteiger partial charge is 0.171 e. The normalized spacial score (nSPS) is 10.4. The van der Waals surface area contributed by atoms with Gasteiger partial charge in [-0.15, -0.1) is 0 Å². The molecule has 4 aromatic carbocycles. The van der Waals surface area contributed by atoms with Crippen LogP contribution in [-0.4, -0.2) is 10.2 Å². The van der Waals surface area contributed by atoms with E-state index in [4.69, 9.17) is 24.4 Å². The zero-order valence-electron chi connectivity index (χ0n) is 20.5. The van der Waals surface area contributed by atoms with E-state index in [1.807, 2.05) is 36.4 Å². The van der Waals surface area contributed by atoms with Crippen LogP contribution in [0, 0.1) is 13.8 Å². The summed E-state index contributed by atoms with van der Waals surface area (Å²) in [6.45, 7) is 5.56. The molecule has 36 heavy (non-hydrogen) atoms. The van der Waals surface area contributed by atoms with E-state index in [0.29, 0.717) is 23.3 Å². The summed E-state index contributed by atoms with van der Waals surface area (Å²) in [7, 11) is 0. The van der Waals surface area contributed by atoms with Crippen molar-refractivity contribution in [1.29, 1.82) is 0 Å². The molecule has 6 heteroatoms. The maximum atomic E-state index is 5.49. The number of hydrogen-bond acceptors (Lipinski definition) is 2. The van der Waals surface area contributed by atoms with Crippen molar-refractivity contribution in [1.82, 2.24) is 10.6 Å². The summed E-state index contributed by atoms with van der Waals surface area (Å²) in [5, 5.41) is 14.4. The van der Waals surface area contributed by atoms with Gasteiger partial charge in [-0.05, 0) is 95.9 Å². The van der Waals surface area contributed by atoms with Crippen LogP contribution in [0.1, 0.15) is 22.3 Å². The topological polar surface area (TPSA) is 48.1 Å². The minimum atomic E-state index is 0.609. The Kier molecular flexibility index (Phi) is 8.66. The maximum Gasteiger partial charge on any atom is 0.171 e. The van der Waals surface area contributed by atoms with Crippen molar-refractivity contribution in [3.8, 4) is 11.1 Å². The number of rotatable bonds is 7. The van der Waals surface area contributed by atoms with Gasteiger partial charge < -0.3 is 21.3 Å². The fraction of sp³-hybridized carbons (Fsp3) is 0.133. The van der Waals surface area contributed by atoms with Crippen molar-refractivity contribution < 1.29 is 0 Å². The first-order valence-electron chi connectivity index (χ1n) is 11.9. The van der Waals surface area contributed by atoms with Gasteiger partial charge in [-0.25, -0.2) is 0 Å². The van der Waals surface area contributed by atoms with E-state index in [1.165, 1.54) is 11.1 Å². The minimum absolute atomic E-state index is 0.609. The van der Waals surface area contributed by atoms with Crippen molar-refractivity contribution in [2.75, 3.05) is 10.6 Å². The van der Waals surface area contributed by atoms with E-state index in [9.17, 15) is 0 Å². The summed E-state index contributed by atoms with van der Waals surface area (Å²) >= 11 is 11.0. The van der Waals surface area contributed by atoms with Gasteiger partial charge in [-0.2, -0.15) is 0 Å². The van der Waals surface area contributed by atoms with Crippen molar-refractivity contribution >= 4 is 46.0 Å². The molecule has 4 N–H and O–H groups in total. The number of benzene rings is 4. The van der Waals surface area contributed by atoms with Gasteiger partial charge in [-0.3, -0.25) is 0 Å². The Hall–Kier alpha value is -3.74.